The smallest absolute Gasteiger partial charge is 0.269 e. The quantitative estimate of drug-likeness (QED) is 0.679. The summed E-state index contributed by atoms with van der Waals surface area (Å²) in [5.74, 6) is -0.220. The van der Waals surface area contributed by atoms with Crippen LogP contribution in [0.15, 0.2) is 47.5 Å². The second kappa shape index (κ2) is 8.61. The van der Waals surface area contributed by atoms with Crippen molar-refractivity contribution < 1.29 is 9.18 Å². The summed E-state index contributed by atoms with van der Waals surface area (Å²) < 4.78 is 16.1. The number of hydrogen-bond donors (Lipinski definition) is 1. The lowest BCUT2D eigenvalue weighted by atomic mass is 10.0. The first-order valence-electron chi connectivity index (χ1n) is 10.2. The van der Waals surface area contributed by atoms with Gasteiger partial charge in [-0.05, 0) is 43.2 Å². The number of hydrogen-bond acceptors (Lipinski definition) is 4. The van der Waals surface area contributed by atoms with Crippen LogP contribution in [0.2, 0.25) is 0 Å². The van der Waals surface area contributed by atoms with E-state index < -0.39 is 0 Å². The normalized spacial score (nSPS) is 14.2. The summed E-state index contributed by atoms with van der Waals surface area (Å²) in [6.45, 7) is 0.630. The maximum absolute atomic E-state index is 13.1. The Hall–Kier alpha value is -3.29. The molecule has 1 aromatic carbocycles. The molecule has 156 valence electrons. The van der Waals surface area contributed by atoms with E-state index in [0.29, 0.717) is 30.4 Å². The second-order valence-corrected chi connectivity index (χ2v) is 7.63. The zero-order chi connectivity index (χ0) is 21.1. The van der Waals surface area contributed by atoms with Crippen LogP contribution < -0.4 is 10.9 Å². The summed E-state index contributed by atoms with van der Waals surface area (Å²) in [6, 6.07) is 9.23. The van der Waals surface area contributed by atoms with E-state index in [1.165, 1.54) is 34.2 Å². The van der Waals surface area contributed by atoms with Gasteiger partial charge in [-0.25, -0.2) is 9.37 Å². The summed E-state index contributed by atoms with van der Waals surface area (Å²) in [5, 5.41) is 7.14. The van der Waals surface area contributed by atoms with E-state index in [1.807, 2.05) is 0 Å². The van der Waals surface area contributed by atoms with E-state index >= 15 is 0 Å². The molecule has 7 nitrogen and oxygen atoms in total. The Labute approximate surface area is 173 Å². The van der Waals surface area contributed by atoms with Crippen LogP contribution in [0.1, 0.15) is 47.8 Å². The fourth-order valence-corrected chi connectivity index (χ4v) is 3.87. The summed E-state index contributed by atoms with van der Waals surface area (Å²) in [4.78, 5) is 29.3. The Kier molecular flexibility index (Phi) is 5.74. The minimum atomic E-state index is -0.325. The average molecular weight is 409 g/mol. The van der Waals surface area contributed by atoms with Crippen LogP contribution >= 0.6 is 0 Å². The van der Waals surface area contributed by atoms with Gasteiger partial charge in [-0.1, -0.05) is 12.8 Å². The number of aromatic nitrogens is 4. The van der Waals surface area contributed by atoms with Crippen molar-refractivity contribution >= 4 is 5.91 Å². The minimum absolute atomic E-state index is 0.0970. The van der Waals surface area contributed by atoms with Gasteiger partial charge >= 0.3 is 0 Å². The minimum Gasteiger partial charge on any atom is -0.349 e. The Bertz CT molecular complexity index is 1100. The van der Waals surface area contributed by atoms with Gasteiger partial charge in [0.1, 0.15) is 11.5 Å². The van der Waals surface area contributed by atoms with Crippen molar-refractivity contribution in [1.82, 2.24) is 24.6 Å². The standard InChI is InChI=1S/C22H24FN5O2/c1-27-20(12-19(26-27)16-6-8-17(23)9-7-16)22(30)24-10-11-28-14-25-18(13-21(28)29)15-4-2-3-5-15/h6-9,12-15H,2-5,10-11H2,1H3,(H,24,30). The van der Waals surface area contributed by atoms with Gasteiger partial charge in [0.05, 0.1) is 17.7 Å². The molecular weight excluding hydrogens is 385 g/mol. The number of carbonyl (C=O) groups excluding carboxylic acids is 1. The number of aryl methyl sites for hydroxylation is 1. The molecule has 3 aromatic rings. The third kappa shape index (κ3) is 4.32. The van der Waals surface area contributed by atoms with Crippen molar-refractivity contribution in [3.05, 3.63) is 70.3 Å². The molecule has 8 heteroatoms. The van der Waals surface area contributed by atoms with Crippen molar-refractivity contribution in [3.63, 3.8) is 0 Å². The van der Waals surface area contributed by atoms with Crippen LogP contribution in [0.4, 0.5) is 4.39 Å². The molecule has 2 heterocycles. The lowest BCUT2D eigenvalue weighted by molar-refractivity contribution is 0.0942. The Morgan fingerprint density at radius 1 is 1.20 bits per heavy atom. The van der Waals surface area contributed by atoms with Gasteiger partial charge in [0, 0.05) is 37.7 Å². The molecule has 0 spiro atoms. The first-order valence-corrected chi connectivity index (χ1v) is 10.2. The fraction of sp³-hybridized carbons (Fsp3) is 0.364. The molecule has 0 radical (unpaired) electrons. The maximum Gasteiger partial charge on any atom is 0.269 e. The number of nitrogens with zero attached hydrogens (tertiary/aromatic N) is 4. The van der Waals surface area contributed by atoms with Crippen LogP contribution in [0, 0.1) is 5.82 Å². The predicted octanol–water partition coefficient (Wildman–Crippen LogP) is 2.87. The third-order valence-electron chi connectivity index (χ3n) is 5.56. The van der Waals surface area contributed by atoms with E-state index in [0.717, 1.165) is 24.1 Å². The van der Waals surface area contributed by atoms with Crippen LogP contribution in [0.3, 0.4) is 0 Å². The van der Waals surface area contributed by atoms with Gasteiger partial charge in [0.25, 0.3) is 11.5 Å². The molecule has 0 unspecified atom stereocenters. The van der Waals surface area contributed by atoms with Crippen molar-refractivity contribution in [3.8, 4) is 11.3 Å². The van der Waals surface area contributed by atoms with Gasteiger partial charge < -0.3 is 5.32 Å². The molecule has 30 heavy (non-hydrogen) atoms. The molecule has 4 rings (SSSR count). The van der Waals surface area contributed by atoms with E-state index in [4.69, 9.17) is 0 Å². The average Bonchev–Trinajstić information content (AvgIpc) is 3.40. The van der Waals surface area contributed by atoms with E-state index in [2.05, 4.69) is 15.4 Å². The van der Waals surface area contributed by atoms with Gasteiger partial charge in [-0.2, -0.15) is 5.10 Å². The third-order valence-corrected chi connectivity index (χ3v) is 5.56. The SMILES string of the molecule is Cn1nc(-c2ccc(F)cc2)cc1C(=O)NCCn1cnc(C2CCCC2)cc1=O. The van der Waals surface area contributed by atoms with Gasteiger partial charge in [-0.3, -0.25) is 18.8 Å². The van der Waals surface area contributed by atoms with Gasteiger partial charge in [0.15, 0.2) is 0 Å². The largest absolute Gasteiger partial charge is 0.349 e. The first-order chi connectivity index (χ1) is 14.5. The zero-order valence-electron chi connectivity index (χ0n) is 16.8. The zero-order valence-corrected chi connectivity index (χ0v) is 16.8. The monoisotopic (exact) mass is 409 g/mol. The number of amides is 1. The highest BCUT2D eigenvalue weighted by Crippen LogP contribution is 2.32. The maximum atomic E-state index is 13.1. The predicted molar refractivity (Wildman–Crippen MR) is 111 cm³/mol. The van der Waals surface area contributed by atoms with Gasteiger partial charge in [0.2, 0.25) is 0 Å². The van der Waals surface area contributed by atoms with E-state index in [1.54, 1.807) is 37.6 Å². The topological polar surface area (TPSA) is 81.8 Å². The number of rotatable bonds is 6. The molecule has 2 aromatic heterocycles. The molecule has 1 aliphatic rings. The highest BCUT2D eigenvalue weighted by molar-refractivity contribution is 5.93. The van der Waals surface area contributed by atoms with Crippen LogP contribution in [0.5, 0.6) is 0 Å². The van der Waals surface area contributed by atoms with Gasteiger partial charge in [-0.15, -0.1) is 0 Å². The number of benzene rings is 1. The number of halogens is 1. The number of nitrogens with one attached hydrogen (secondary N) is 1. The van der Waals surface area contributed by atoms with E-state index in [9.17, 15) is 14.0 Å². The highest BCUT2D eigenvalue weighted by Gasteiger charge is 2.19. The number of carbonyl (C=O) groups is 1. The second-order valence-electron chi connectivity index (χ2n) is 7.63. The summed E-state index contributed by atoms with van der Waals surface area (Å²) >= 11 is 0. The lowest BCUT2D eigenvalue weighted by Gasteiger charge is -2.11. The van der Waals surface area contributed by atoms with Crippen molar-refractivity contribution in [2.45, 2.75) is 38.1 Å². The highest BCUT2D eigenvalue weighted by atomic mass is 19.1. The molecule has 1 saturated carbocycles. The van der Waals surface area contributed by atoms with Crippen LogP contribution in [-0.2, 0) is 13.6 Å². The van der Waals surface area contributed by atoms with Crippen molar-refractivity contribution in [2.24, 2.45) is 7.05 Å². The summed E-state index contributed by atoms with van der Waals surface area (Å²) in [6.07, 6.45) is 6.14. The molecule has 1 amide bonds. The van der Waals surface area contributed by atoms with Crippen molar-refractivity contribution in [1.29, 1.82) is 0 Å². The molecule has 1 N–H and O–H groups in total. The summed E-state index contributed by atoms with van der Waals surface area (Å²) in [5.41, 5.74) is 2.48. The fourth-order valence-electron chi connectivity index (χ4n) is 3.87. The molecule has 0 atom stereocenters. The Morgan fingerprint density at radius 2 is 1.93 bits per heavy atom. The van der Waals surface area contributed by atoms with Crippen molar-refractivity contribution in [2.75, 3.05) is 6.54 Å². The molecule has 0 saturated heterocycles. The summed E-state index contributed by atoms with van der Waals surface area (Å²) in [7, 11) is 1.68. The molecule has 1 aliphatic carbocycles. The lowest BCUT2D eigenvalue weighted by Crippen LogP contribution is -2.32. The molecular formula is C22H24FN5O2. The Balaban J connectivity index is 1.37. The first kappa shape index (κ1) is 20.0. The molecule has 0 bridgehead atoms. The molecule has 1 fully saturated rings. The van der Waals surface area contributed by atoms with Crippen LogP contribution in [-0.4, -0.2) is 31.8 Å². The Morgan fingerprint density at radius 3 is 2.63 bits per heavy atom. The van der Waals surface area contributed by atoms with E-state index in [-0.39, 0.29) is 17.3 Å². The molecule has 0 aliphatic heterocycles. The van der Waals surface area contributed by atoms with Crippen LogP contribution in [0.25, 0.3) is 11.3 Å².